The summed E-state index contributed by atoms with van der Waals surface area (Å²) in [5.74, 6) is 0.315. The van der Waals surface area contributed by atoms with Crippen molar-refractivity contribution in [3.8, 4) is 11.3 Å². The standard InChI is InChI=1S/C25H25N5O3S/c1-18-5-2-3-16-30(18)34(32,33)22-12-8-20(9-13-22)24(31)27-21-10-6-19(7-11-21)23-17-29-15-4-14-26-25(29)28-23/h4,6-15,17-18H,2-3,5,16H2,1H3,(H,27,31). The molecule has 3 heterocycles. The van der Waals surface area contributed by atoms with Crippen molar-refractivity contribution in [3.63, 3.8) is 0 Å². The minimum Gasteiger partial charge on any atom is -0.322 e. The number of hydrogen-bond donors (Lipinski definition) is 1. The number of carbonyl (C=O) groups is 1. The smallest absolute Gasteiger partial charge is 0.255 e. The molecule has 0 saturated carbocycles. The first-order valence-corrected chi connectivity index (χ1v) is 12.7. The minimum absolute atomic E-state index is 0.0125. The molecule has 1 fully saturated rings. The summed E-state index contributed by atoms with van der Waals surface area (Å²) in [6.07, 6.45) is 8.26. The zero-order valence-electron chi connectivity index (χ0n) is 18.8. The third-order valence-corrected chi connectivity index (χ3v) is 8.17. The first-order chi connectivity index (χ1) is 16.4. The second-order valence-electron chi connectivity index (χ2n) is 8.47. The number of piperidine rings is 1. The summed E-state index contributed by atoms with van der Waals surface area (Å²) in [6, 6.07) is 15.3. The zero-order valence-corrected chi connectivity index (χ0v) is 19.6. The van der Waals surface area contributed by atoms with Crippen LogP contribution in [0.15, 0.2) is 78.1 Å². The SMILES string of the molecule is CC1CCCCN1S(=O)(=O)c1ccc(C(=O)Nc2ccc(-c3cn4cccnc4n3)cc2)cc1. The third-order valence-electron chi connectivity index (χ3n) is 6.14. The summed E-state index contributed by atoms with van der Waals surface area (Å²) in [4.78, 5) is 21.6. The summed E-state index contributed by atoms with van der Waals surface area (Å²) in [5.41, 5.74) is 2.72. The molecule has 1 aliphatic heterocycles. The molecular formula is C25H25N5O3S. The van der Waals surface area contributed by atoms with Crippen molar-refractivity contribution >= 4 is 27.4 Å². The lowest BCUT2D eigenvalue weighted by Crippen LogP contribution is -2.41. The number of carbonyl (C=O) groups excluding carboxylic acids is 1. The lowest BCUT2D eigenvalue weighted by molar-refractivity contribution is 0.102. The van der Waals surface area contributed by atoms with Crippen LogP contribution in [0, 0.1) is 0 Å². The second-order valence-corrected chi connectivity index (χ2v) is 10.4. The van der Waals surface area contributed by atoms with Crippen molar-refractivity contribution in [2.24, 2.45) is 0 Å². The molecule has 0 radical (unpaired) electrons. The fourth-order valence-corrected chi connectivity index (χ4v) is 5.94. The Morgan fingerprint density at radius 3 is 2.53 bits per heavy atom. The Morgan fingerprint density at radius 2 is 1.82 bits per heavy atom. The number of anilines is 1. The monoisotopic (exact) mass is 475 g/mol. The normalized spacial score (nSPS) is 17.0. The number of hydrogen-bond acceptors (Lipinski definition) is 5. The molecule has 0 spiro atoms. The summed E-state index contributed by atoms with van der Waals surface area (Å²) in [6.45, 7) is 2.48. The minimum atomic E-state index is -3.56. The van der Waals surface area contributed by atoms with Crippen molar-refractivity contribution in [1.29, 1.82) is 0 Å². The van der Waals surface area contributed by atoms with Crippen molar-refractivity contribution in [1.82, 2.24) is 18.7 Å². The molecule has 1 unspecified atom stereocenters. The van der Waals surface area contributed by atoms with Crippen LogP contribution < -0.4 is 5.32 Å². The highest BCUT2D eigenvalue weighted by atomic mass is 32.2. The molecule has 1 N–H and O–H groups in total. The molecule has 2 aromatic carbocycles. The van der Waals surface area contributed by atoms with E-state index in [0.29, 0.717) is 23.6 Å². The predicted molar refractivity (Wildman–Crippen MR) is 130 cm³/mol. The van der Waals surface area contributed by atoms with Gasteiger partial charge in [0.05, 0.1) is 10.6 Å². The number of aromatic nitrogens is 3. The summed E-state index contributed by atoms with van der Waals surface area (Å²) >= 11 is 0. The van der Waals surface area contributed by atoms with E-state index in [1.165, 1.54) is 12.1 Å². The fraction of sp³-hybridized carbons (Fsp3) is 0.240. The van der Waals surface area contributed by atoms with Gasteiger partial charge in [-0.25, -0.2) is 18.4 Å². The lowest BCUT2D eigenvalue weighted by atomic mass is 10.1. The van der Waals surface area contributed by atoms with E-state index in [1.807, 2.05) is 41.9 Å². The van der Waals surface area contributed by atoms with Gasteiger partial charge >= 0.3 is 0 Å². The van der Waals surface area contributed by atoms with Crippen molar-refractivity contribution in [3.05, 3.63) is 78.8 Å². The summed E-state index contributed by atoms with van der Waals surface area (Å²) < 4.78 is 29.4. The van der Waals surface area contributed by atoms with Crippen LogP contribution in [-0.2, 0) is 10.0 Å². The highest BCUT2D eigenvalue weighted by Crippen LogP contribution is 2.26. The molecule has 1 saturated heterocycles. The Kier molecular flexibility index (Phi) is 5.89. The van der Waals surface area contributed by atoms with Crippen LogP contribution >= 0.6 is 0 Å². The Balaban J connectivity index is 1.28. The lowest BCUT2D eigenvalue weighted by Gasteiger charge is -2.32. The van der Waals surface area contributed by atoms with E-state index in [4.69, 9.17) is 0 Å². The maximum Gasteiger partial charge on any atom is 0.255 e. The number of benzene rings is 2. The van der Waals surface area contributed by atoms with Gasteiger partial charge in [-0.1, -0.05) is 18.6 Å². The number of imidazole rings is 1. The first kappa shape index (κ1) is 22.2. The number of fused-ring (bicyclic) bond motifs is 1. The van der Waals surface area contributed by atoms with Crippen LogP contribution in [0.4, 0.5) is 5.69 Å². The predicted octanol–water partition coefficient (Wildman–Crippen LogP) is 4.21. The van der Waals surface area contributed by atoms with Gasteiger partial charge in [0.2, 0.25) is 15.8 Å². The van der Waals surface area contributed by atoms with Crippen molar-refractivity contribution < 1.29 is 13.2 Å². The number of rotatable bonds is 5. The Bertz CT molecular complexity index is 1400. The molecule has 0 bridgehead atoms. The zero-order chi connectivity index (χ0) is 23.7. The van der Waals surface area contributed by atoms with E-state index in [9.17, 15) is 13.2 Å². The molecule has 4 aromatic rings. The van der Waals surface area contributed by atoms with E-state index < -0.39 is 10.0 Å². The molecule has 1 aliphatic rings. The van der Waals surface area contributed by atoms with Gasteiger partial charge < -0.3 is 5.32 Å². The van der Waals surface area contributed by atoms with Gasteiger partial charge in [0.15, 0.2) is 0 Å². The Hall–Kier alpha value is -3.56. The molecule has 34 heavy (non-hydrogen) atoms. The fourth-order valence-electron chi connectivity index (χ4n) is 4.24. The topological polar surface area (TPSA) is 96.7 Å². The van der Waals surface area contributed by atoms with Crippen LogP contribution in [-0.4, -0.2) is 45.6 Å². The Labute approximate surface area is 198 Å². The molecule has 0 aliphatic carbocycles. The van der Waals surface area contributed by atoms with E-state index >= 15 is 0 Å². The van der Waals surface area contributed by atoms with Crippen LogP contribution in [0.1, 0.15) is 36.5 Å². The number of sulfonamides is 1. The molecule has 2 aromatic heterocycles. The third kappa shape index (κ3) is 4.32. The van der Waals surface area contributed by atoms with Gasteiger partial charge in [-0.05, 0) is 62.2 Å². The molecule has 5 rings (SSSR count). The van der Waals surface area contributed by atoms with Crippen LogP contribution in [0.2, 0.25) is 0 Å². The maximum absolute atomic E-state index is 13.0. The average Bonchev–Trinajstić information content (AvgIpc) is 3.29. The molecule has 1 amide bonds. The van der Waals surface area contributed by atoms with Gasteiger partial charge in [0.25, 0.3) is 5.91 Å². The summed E-state index contributed by atoms with van der Waals surface area (Å²) in [5, 5.41) is 2.86. The average molecular weight is 476 g/mol. The molecule has 8 nitrogen and oxygen atoms in total. The van der Waals surface area contributed by atoms with Gasteiger partial charge in [0, 0.05) is 48.0 Å². The highest BCUT2D eigenvalue weighted by Gasteiger charge is 2.30. The molecular weight excluding hydrogens is 450 g/mol. The Morgan fingerprint density at radius 1 is 1.06 bits per heavy atom. The number of nitrogens with one attached hydrogen (secondary N) is 1. The van der Waals surface area contributed by atoms with E-state index in [1.54, 1.807) is 34.8 Å². The molecule has 1 atom stereocenters. The van der Waals surface area contributed by atoms with Crippen LogP contribution in [0.25, 0.3) is 17.0 Å². The maximum atomic E-state index is 13.0. The largest absolute Gasteiger partial charge is 0.322 e. The van der Waals surface area contributed by atoms with Gasteiger partial charge in [-0.3, -0.25) is 9.20 Å². The number of nitrogens with zero attached hydrogens (tertiary/aromatic N) is 4. The van der Waals surface area contributed by atoms with E-state index in [2.05, 4.69) is 15.3 Å². The summed E-state index contributed by atoms with van der Waals surface area (Å²) in [7, 11) is -3.56. The van der Waals surface area contributed by atoms with Gasteiger partial charge in [0.1, 0.15) is 0 Å². The second kappa shape index (κ2) is 9.00. The van der Waals surface area contributed by atoms with Crippen molar-refractivity contribution in [2.45, 2.75) is 37.1 Å². The molecule has 174 valence electrons. The van der Waals surface area contributed by atoms with E-state index in [-0.39, 0.29) is 16.8 Å². The van der Waals surface area contributed by atoms with Crippen molar-refractivity contribution in [2.75, 3.05) is 11.9 Å². The van der Waals surface area contributed by atoms with Crippen LogP contribution in [0.3, 0.4) is 0 Å². The van der Waals surface area contributed by atoms with Gasteiger partial charge in [-0.2, -0.15) is 4.31 Å². The first-order valence-electron chi connectivity index (χ1n) is 11.3. The number of amides is 1. The van der Waals surface area contributed by atoms with E-state index in [0.717, 1.165) is 30.5 Å². The van der Waals surface area contributed by atoms with Crippen LogP contribution in [0.5, 0.6) is 0 Å². The quantitative estimate of drug-likeness (QED) is 0.466. The van der Waals surface area contributed by atoms with Gasteiger partial charge in [-0.15, -0.1) is 0 Å². The molecule has 9 heteroatoms. The highest BCUT2D eigenvalue weighted by molar-refractivity contribution is 7.89.